The molecular formula is C17H34INO3. The molecule has 132 valence electrons. The average molecular weight is 427 g/mol. The lowest BCUT2D eigenvalue weighted by atomic mass is 10.1. The van der Waals surface area contributed by atoms with Crippen molar-refractivity contribution in [2.24, 2.45) is 0 Å². The topological polar surface area (TPSA) is 47.6 Å². The Kier molecular flexibility index (Phi) is 11.5. The van der Waals surface area contributed by atoms with E-state index >= 15 is 0 Å². The molecule has 0 aromatic heterocycles. The van der Waals surface area contributed by atoms with Gasteiger partial charge in [-0.1, -0.05) is 61.6 Å². The van der Waals surface area contributed by atoms with Crippen molar-refractivity contribution in [3.63, 3.8) is 0 Å². The summed E-state index contributed by atoms with van der Waals surface area (Å²) in [6, 6.07) is 0. The molecule has 0 aliphatic heterocycles. The van der Waals surface area contributed by atoms with Gasteiger partial charge in [0.05, 0.1) is 12.1 Å². The first-order chi connectivity index (χ1) is 10.2. The molecule has 0 rings (SSSR count). The van der Waals surface area contributed by atoms with Crippen LogP contribution >= 0.6 is 22.6 Å². The number of amides is 1. The number of nitrogens with one attached hydrogen (secondary N) is 1. The van der Waals surface area contributed by atoms with Crippen molar-refractivity contribution >= 4 is 28.7 Å². The normalized spacial score (nSPS) is 14.5. The number of alkyl halides is 1. The largest absolute Gasteiger partial charge is 0.444 e. The van der Waals surface area contributed by atoms with Crippen LogP contribution in [0.2, 0.25) is 0 Å². The van der Waals surface area contributed by atoms with Crippen LogP contribution in [-0.2, 0) is 9.47 Å². The van der Waals surface area contributed by atoms with E-state index in [1.54, 1.807) is 0 Å². The SMILES string of the molecule is CCCCCCCCOC(C)(CI)CNC(=O)OC(C)(C)C. The third-order valence-corrected chi connectivity index (χ3v) is 4.85. The van der Waals surface area contributed by atoms with Gasteiger partial charge >= 0.3 is 6.09 Å². The molecule has 0 heterocycles. The van der Waals surface area contributed by atoms with Crippen molar-refractivity contribution in [3.8, 4) is 0 Å². The van der Waals surface area contributed by atoms with Gasteiger partial charge < -0.3 is 14.8 Å². The first-order valence-electron chi connectivity index (χ1n) is 8.39. The Morgan fingerprint density at radius 1 is 1.05 bits per heavy atom. The number of rotatable bonds is 11. The molecule has 0 saturated heterocycles. The zero-order chi connectivity index (χ0) is 17.1. The van der Waals surface area contributed by atoms with Crippen molar-refractivity contribution in [3.05, 3.63) is 0 Å². The van der Waals surface area contributed by atoms with Crippen LogP contribution in [0.1, 0.15) is 73.1 Å². The monoisotopic (exact) mass is 427 g/mol. The summed E-state index contributed by atoms with van der Waals surface area (Å²) in [6.45, 7) is 11.1. The van der Waals surface area contributed by atoms with Crippen molar-refractivity contribution in [1.29, 1.82) is 0 Å². The summed E-state index contributed by atoms with van der Waals surface area (Å²) in [5.41, 5.74) is -0.801. The summed E-state index contributed by atoms with van der Waals surface area (Å²) >= 11 is 2.30. The van der Waals surface area contributed by atoms with Crippen LogP contribution in [0.4, 0.5) is 4.79 Å². The van der Waals surface area contributed by atoms with E-state index in [1.807, 2.05) is 27.7 Å². The quantitative estimate of drug-likeness (QED) is 0.284. The Morgan fingerprint density at radius 2 is 1.64 bits per heavy atom. The lowest BCUT2D eigenvalue weighted by molar-refractivity contribution is -0.0155. The molecule has 4 nitrogen and oxygen atoms in total. The summed E-state index contributed by atoms with van der Waals surface area (Å²) in [5, 5.41) is 2.81. The maximum Gasteiger partial charge on any atom is 0.407 e. The second kappa shape index (κ2) is 11.5. The van der Waals surface area contributed by atoms with Gasteiger partial charge in [0.15, 0.2) is 0 Å². The van der Waals surface area contributed by atoms with Gasteiger partial charge in [-0.15, -0.1) is 0 Å². The lowest BCUT2D eigenvalue weighted by Gasteiger charge is -2.29. The van der Waals surface area contributed by atoms with E-state index in [9.17, 15) is 4.79 Å². The highest BCUT2D eigenvalue weighted by molar-refractivity contribution is 14.1. The molecule has 0 fully saturated rings. The van der Waals surface area contributed by atoms with Crippen molar-refractivity contribution in [1.82, 2.24) is 5.32 Å². The Balaban J connectivity index is 3.91. The van der Waals surface area contributed by atoms with Gasteiger partial charge in [-0.05, 0) is 34.1 Å². The number of halogens is 1. The predicted molar refractivity (Wildman–Crippen MR) is 101 cm³/mol. The van der Waals surface area contributed by atoms with Gasteiger partial charge in [0.2, 0.25) is 0 Å². The fourth-order valence-corrected chi connectivity index (χ4v) is 2.40. The molecule has 0 aromatic carbocycles. The molecule has 0 radical (unpaired) electrons. The van der Waals surface area contributed by atoms with E-state index in [-0.39, 0.29) is 11.7 Å². The second-order valence-corrected chi connectivity index (χ2v) is 7.82. The van der Waals surface area contributed by atoms with E-state index in [2.05, 4.69) is 34.8 Å². The molecule has 1 N–H and O–H groups in total. The summed E-state index contributed by atoms with van der Waals surface area (Å²) in [7, 11) is 0. The van der Waals surface area contributed by atoms with Crippen molar-refractivity contribution in [2.75, 3.05) is 17.6 Å². The lowest BCUT2D eigenvalue weighted by Crippen LogP contribution is -2.45. The number of ether oxygens (including phenoxy) is 2. The third-order valence-electron chi connectivity index (χ3n) is 3.24. The van der Waals surface area contributed by atoms with Crippen LogP contribution in [0.25, 0.3) is 0 Å². The van der Waals surface area contributed by atoms with Crippen LogP contribution in [0.5, 0.6) is 0 Å². The van der Waals surface area contributed by atoms with Crippen LogP contribution in [0.3, 0.4) is 0 Å². The molecule has 0 aliphatic rings. The molecule has 0 aliphatic carbocycles. The van der Waals surface area contributed by atoms with Gasteiger partial charge in [-0.2, -0.15) is 0 Å². The minimum Gasteiger partial charge on any atom is -0.444 e. The first kappa shape index (κ1) is 22.0. The zero-order valence-corrected chi connectivity index (χ0v) is 17.1. The molecule has 0 aromatic rings. The molecule has 1 unspecified atom stereocenters. The third kappa shape index (κ3) is 12.5. The van der Waals surface area contributed by atoms with Gasteiger partial charge in [0.25, 0.3) is 0 Å². The van der Waals surface area contributed by atoms with Gasteiger partial charge in [-0.3, -0.25) is 0 Å². The molecule has 1 atom stereocenters. The smallest absolute Gasteiger partial charge is 0.407 e. The number of carbonyl (C=O) groups excluding carboxylic acids is 1. The number of alkyl carbamates (subject to hydrolysis) is 1. The minimum absolute atomic E-state index is 0.332. The summed E-state index contributed by atoms with van der Waals surface area (Å²) in [5.74, 6) is 0. The summed E-state index contributed by atoms with van der Waals surface area (Å²) < 4.78 is 12.1. The molecule has 0 saturated carbocycles. The van der Waals surface area contributed by atoms with Gasteiger partial charge in [-0.25, -0.2) is 4.79 Å². The van der Waals surface area contributed by atoms with E-state index in [1.165, 1.54) is 32.1 Å². The molecule has 5 heteroatoms. The van der Waals surface area contributed by atoms with E-state index in [0.29, 0.717) is 6.54 Å². The number of hydrogen-bond acceptors (Lipinski definition) is 3. The highest BCUT2D eigenvalue weighted by atomic mass is 127. The Labute approximate surface area is 150 Å². The maximum absolute atomic E-state index is 11.7. The number of unbranched alkanes of at least 4 members (excludes halogenated alkanes) is 5. The first-order valence-corrected chi connectivity index (χ1v) is 9.92. The van der Waals surface area contributed by atoms with Gasteiger partial charge in [0.1, 0.15) is 5.60 Å². The maximum atomic E-state index is 11.7. The van der Waals surface area contributed by atoms with E-state index in [4.69, 9.17) is 9.47 Å². The number of hydrogen-bond donors (Lipinski definition) is 1. The van der Waals surface area contributed by atoms with Crippen molar-refractivity contribution < 1.29 is 14.3 Å². The second-order valence-electron chi connectivity index (χ2n) is 7.06. The van der Waals surface area contributed by atoms with E-state index in [0.717, 1.165) is 17.5 Å². The van der Waals surface area contributed by atoms with Crippen LogP contribution in [-0.4, -0.2) is 34.9 Å². The Morgan fingerprint density at radius 3 is 2.18 bits per heavy atom. The molecular weight excluding hydrogens is 393 g/mol. The predicted octanol–water partition coefficient (Wildman–Crippen LogP) is 5.08. The molecule has 1 amide bonds. The van der Waals surface area contributed by atoms with Crippen molar-refractivity contribution in [2.45, 2.75) is 84.3 Å². The fraction of sp³-hybridized carbons (Fsp3) is 0.941. The fourth-order valence-electron chi connectivity index (χ4n) is 1.91. The van der Waals surface area contributed by atoms with Gasteiger partial charge in [0, 0.05) is 11.0 Å². The van der Waals surface area contributed by atoms with Crippen LogP contribution in [0.15, 0.2) is 0 Å². The van der Waals surface area contributed by atoms with Crippen LogP contribution in [0, 0.1) is 0 Å². The molecule has 22 heavy (non-hydrogen) atoms. The standard InChI is InChI=1S/C17H34INO3/c1-6-7-8-9-10-11-12-21-17(5,13-18)14-19-15(20)22-16(2,3)4/h6-14H2,1-5H3,(H,19,20). The molecule has 0 spiro atoms. The summed E-state index contributed by atoms with van der Waals surface area (Å²) in [4.78, 5) is 11.7. The minimum atomic E-state index is -0.468. The highest BCUT2D eigenvalue weighted by Gasteiger charge is 2.25. The zero-order valence-electron chi connectivity index (χ0n) is 15.0. The van der Waals surface area contributed by atoms with E-state index < -0.39 is 5.60 Å². The van der Waals surface area contributed by atoms with Crippen LogP contribution < -0.4 is 5.32 Å². The Bertz CT molecular complexity index is 305. The Hall–Kier alpha value is -0.0400. The number of carbonyl (C=O) groups is 1. The summed E-state index contributed by atoms with van der Waals surface area (Å²) in [6.07, 6.45) is 7.13. The highest BCUT2D eigenvalue weighted by Crippen LogP contribution is 2.15. The average Bonchev–Trinajstić information content (AvgIpc) is 2.42. The molecule has 0 bridgehead atoms.